The maximum absolute atomic E-state index is 12.6. The summed E-state index contributed by atoms with van der Waals surface area (Å²) >= 11 is 1.35. The summed E-state index contributed by atoms with van der Waals surface area (Å²) < 4.78 is 11.5. The van der Waals surface area contributed by atoms with Crippen molar-refractivity contribution >= 4 is 39.8 Å². The number of rotatable bonds is 8. The molecule has 2 aromatic carbocycles. The van der Waals surface area contributed by atoms with E-state index in [0.29, 0.717) is 29.7 Å². The van der Waals surface area contributed by atoms with E-state index in [0.717, 1.165) is 23.6 Å². The number of amidine groups is 2. The number of benzene rings is 2. The first-order valence-electron chi connectivity index (χ1n) is 10.0. The van der Waals surface area contributed by atoms with Crippen molar-refractivity contribution < 1.29 is 14.3 Å². The Bertz CT molecular complexity index is 1080. The van der Waals surface area contributed by atoms with E-state index in [1.165, 1.54) is 16.8 Å². The number of amides is 1. The van der Waals surface area contributed by atoms with Crippen LogP contribution in [0.25, 0.3) is 6.08 Å². The van der Waals surface area contributed by atoms with Crippen LogP contribution in [0.2, 0.25) is 0 Å². The monoisotopic (exact) mass is 434 g/mol. The van der Waals surface area contributed by atoms with Gasteiger partial charge in [0.2, 0.25) is 5.17 Å². The van der Waals surface area contributed by atoms with Gasteiger partial charge in [-0.25, -0.2) is 0 Å². The molecule has 2 aliphatic heterocycles. The lowest BCUT2D eigenvalue weighted by atomic mass is 10.1. The number of nitrogens with one attached hydrogen (secondary N) is 1. The quantitative estimate of drug-likeness (QED) is 0.486. The average molecular weight is 435 g/mol. The maximum atomic E-state index is 12.6. The highest BCUT2D eigenvalue weighted by Gasteiger charge is 2.35. The third kappa shape index (κ3) is 4.86. The summed E-state index contributed by atoms with van der Waals surface area (Å²) in [6.45, 7) is 2.79. The van der Waals surface area contributed by atoms with Crippen LogP contribution >= 0.6 is 11.8 Å². The van der Waals surface area contributed by atoms with Crippen molar-refractivity contribution in [2.75, 3.05) is 13.2 Å². The molecule has 1 N–H and O–H groups in total. The van der Waals surface area contributed by atoms with Crippen molar-refractivity contribution in [3.8, 4) is 11.5 Å². The zero-order valence-corrected chi connectivity index (χ0v) is 17.9. The molecule has 2 aliphatic rings. The third-order valence-electron chi connectivity index (χ3n) is 4.53. The molecule has 7 nitrogen and oxygen atoms in total. The van der Waals surface area contributed by atoms with E-state index in [9.17, 15) is 4.79 Å². The van der Waals surface area contributed by atoms with Crippen LogP contribution in [0.5, 0.6) is 11.5 Å². The van der Waals surface area contributed by atoms with Crippen molar-refractivity contribution in [1.29, 1.82) is 5.41 Å². The number of ether oxygens (including phenoxy) is 2. The maximum Gasteiger partial charge on any atom is 0.283 e. The van der Waals surface area contributed by atoms with Gasteiger partial charge in [-0.3, -0.25) is 10.2 Å². The van der Waals surface area contributed by atoms with Gasteiger partial charge in [-0.05, 0) is 48.9 Å². The molecule has 0 unspecified atom stereocenters. The Morgan fingerprint density at radius 3 is 2.61 bits per heavy atom. The van der Waals surface area contributed by atoms with E-state index in [1.54, 1.807) is 6.08 Å². The van der Waals surface area contributed by atoms with E-state index in [4.69, 9.17) is 14.9 Å². The molecule has 1 amide bonds. The molecule has 2 heterocycles. The number of fused-ring (bicyclic) bond motifs is 1. The molecular formula is C23H22N4O3S. The highest BCUT2D eigenvalue weighted by atomic mass is 32.2. The summed E-state index contributed by atoms with van der Waals surface area (Å²) in [5, 5.41) is 15.7. The number of carbonyl (C=O) groups excluding carboxylic acids is 1. The molecule has 2 aromatic rings. The lowest BCUT2D eigenvalue weighted by Gasteiger charge is -2.20. The first kappa shape index (κ1) is 20.9. The van der Waals surface area contributed by atoms with E-state index < -0.39 is 5.91 Å². The lowest BCUT2D eigenvalue weighted by Crippen LogP contribution is -2.35. The van der Waals surface area contributed by atoms with Gasteiger partial charge in [-0.1, -0.05) is 43.3 Å². The van der Waals surface area contributed by atoms with Gasteiger partial charge in [-0.15, -0.1) is 0 Å². The van der Waals surface area contributed by atoms with Crippen LogP contribution in [0.4, 0.5) is 0 Å². The van der Waals surface area contributed by atoms with E-state index in [1.807, 2.05) is 54.6 Å². The van der Waals surface area contributed by atoms with Crippen molar-refractivity contribution in [1.82, 2.24) is 5.01 Å². The Labute approximate surface area is 185 Å². The van der Waals surface area contributed by atoms with E-state index in [2.05, 4.69) is 17.0 Å². The largest absolute Gasteiger partial charge is 0.490 e. The molecule has 0 fully saturated rings. The van der Waals surface area contributed by atoms with Gasteiger partial charge in [-0.2, -0.15) is 15.1 Å². The molecule has 0 aliphatic carbocycles. The van der Waals surface area contributed by atoms with Crippen LogP contribution in [0.1, 0.15) is 25.3 Å². The number of hydrogen-bond acceptors (Lipinski definition) is 6. The molecular weight excluding hydrogens is 412 g/mol. The Balaban J connectivity index is 1.47. The zero-order valence-electron chi connectivity index (χ0n) is 17.1. The van der Waals surface area contributed by atoms with Gasteiger partial charge < -0.3 is 9.47 Å². The molecule has 0 bridgehead atoms. The van der Waals surface area contributed by atoms with Crippen molar-refractivity contribution in [2.24, 2.45) is 10.1 Å². The summed E-state index contributed by atoms with van der Waals surface area (Å²) in [5.41, 5.74) is 0.876. The van der Waals surface area contributed by atoms with Crippen LogP contribution in [0.3, 0.4) is 0 Å². The molecule has 31 heavy (non-hydrogen) atoms. The van der Waals surface area contributed by atoms with E-state index in [-0.39, 0.29) is 11.4 Å². The molecule has 0 aromatic heterocycles. The summed E-state index contributed by atoms with van der Waals surface area (Å²) in [7, 11) is 0. The van der Waals surface area contributed by atoms with Crippen LogP contribution in [0, 0.1) is 5.41 Å². The number of thioether (sulfide) groups is 1. The van der Waals surface area contributed by atoms with Gasteiger partial charge in [0, 0.05) is 5.56 Å². The second-order valence-corrected chi connectivity index (χ2v) is 7.85. The molecule has 0 saturated heterocycles. The van der Waals surface area contributed by atoms with Gasteiger partial charge in [0.1, 0.15) is 29.8 Å². The predicted octanol–water partition coefficient (Wildman–Crippen LogP) is 4.56. The number of nitrogens with zero attached hydrogens (tertiary/aromatic N) is 3. The lowest BCUT2D eigenvalue weighted by molar-refractivity contribution is -0.114. The minimum absolute atomic E-state index is 0.0239. The first-order valence-corrected chi connectivity index (χ1v) is 10.9. The second-order valence-electron chi connectivity index (χ2n) is 6.81. The second kappa shape index (κ2) is 9.61. The van der Waals surface area contributed by atoms with Gasteiger partial charge in [0.15, 0.2) is 5.84 Å². The van der Waals surface area contributed by atoms with Crippen molar-refractivity contribution in [3.63, 3.8) is 0 Å². The molecule has 0 atom stereocenters. The zero-order chi connectivity index (χ0) is 21.6. The Kier molecular flexibility index (Phi) is 6.47. The molecule has 8 heteroatoms. The summed E-state index contributed by atoms with van der Waals surface area (Å²) in [5.74, 6) is 0.964. The number of hydrogen-bond donors (Lipinski definition) is 1. The molecule has 158 valence electrons. The van der Waals surface area contributed by atoms with E-state index >= 15 is 0 Å². The SMILES string of the molecule is CCCC1=NN2C(=N)/C(=C/c3ccccc3OCCOc3ccccc3)C(=O)N=C2S1. The number of carbonyl (C=O) groups is 1. The fraction of sp³-hybridized carbons (Fsp3) is 0.217. The highest BCUT2D eigenvalue weighted by molar-refractivity contribution is 8.26. The minimum Gasteiger partial charge on any atom is -0.490 e. The topological polar surface area (TPSA) is 87.3 Å². The van der Waals surface area contributed by atoms with Crippen LogP contribution in [-0.4, -0.2) is 40.2 Å². The van der Waals surface area contributed by atoms with Gasteiger partial charge in [0.25, 0.3) is 5.91 Å². The van der Waals surface area contributed by atoms with Crippen LogP contribution in [-0.2, 0) is 4.79 Å². The smallest absolute Gasteiger partial charge is 0.283 e. The first-order chi connectivity index (χ1) is 15.2. The Hall–Kier alpha value is -3.39. The Morgan fingerprint density at radius 1 is 1.06 bits per heavy atom. The highest BCUT2D eigenvalue weighted by Crippen LogP contribution is 2.30. The van der Waals surface area contributed by atoms with Gasteiger partial charge in [0.05, 0.1) is 5.57 Å². The summed E-state index contributed by atoms with van der Waals surface area (Å²) in [4.78, 5) is 16.7. The number of aliphatic imine (C=N–C) groups is 1. The van der Waals surface area contributed by atoms with Crippen LogP contribution in [0.15, 0.2) is 70.3 Å². The van der Waals surface area contributed by atoms with Gasteiger partial charge >= 0.3 is 0 Å². The fourth-order valence-electron chi connectivity index (χ4n) is 3.06. The number of hydrazone groups is 1. The molecule has 0 saturated carbocycles. The molecule has 0 radical (unpaired) electrons. The average Bonchev–Trinajstić information content (AvgIpc) is 3.18. The normalized spacial score (nSPS) is 16.8. The molecule has 4 rings (SSSR count). The standard InChI is InChI=1S/C23H22N4O3S/c1-2-8-20-26-27-21(24)18(22(28)25-23(27)31-20)15-16-9-6-7-12-19(16)30-14-13-29-17-10-4-3-5-11-17/h3-7,9-12,15,24H,2,8,13-14H2,1H3/b18-15-,24-21?. The van der Waals surface area contributed by atoms with Crippen molar-refractivity contribution in [3.05, 3.63) is 65.7 Å². The fourth-order valence-corrected chi connectivity index (χ4v) is 4.05. The summed E-state index contributed by atoms with van der Waals surface area (Å²) in [6, 6.07) is 16.9. The minimum atomic E-state index is -0.445. The summed E-state index contributed by atoms with van der Waals surface area (Å²) in [6.07, 6.45) is 3.37. The van der Waals surface area contributed by atoms with Crippen molar-refractivity contribution in [2.45, 2.75) is 19.8 Å². The Morgan fingerprint density at radius 2 is 1.81 bits per heavy atom. The number of para-hydroxylation sites is 2. The van der Waals surface area contributed by atoms with Crippen LogP contribution < -0.4 is 9.47 Å². The predicted molar refractivity (Wildman–Crippen MR) is 124 cm³/mol. The molecule has 0 spiro atoms. The third-order valence-corrected chi connectivity index (χ3v) is 5.50.